The maximum atomic E-state index is 13.5. The molecule has 1 amide bonds. The van der Waals surface area contributed by atoms with Crippen molar-refractivity contribution < 1.29 is 26.4 Å². The summed E-state index contributed by atoms with van der Waals surface area (Å²) in [5.41, 5.74) is -2.08. The van der Waals surface area contributed by atoms with Crippen molar-refractivity contribution in [2.24, 2.45) is 0 Å². The Bertz CT molecular complexity index is 947. The molecule has 0 fully saturated rings. The number of hydrogen-bond donors (Lipinski definition) is 0. The minimum Gasteiger partial charge on any atom is -0.317 e. The van der Waals surface area contributed by atoms with Crippen LogP contribution in [-0.4, -0.2) is 39.1 Å². The largest absolute Gasteiger partial charge is 0.418 e. The zero-order chi connectivity index (χ0) is 19.9. The number of carbonyl (C=O) groups is 1. The molecule has 0 saturated heterocycles. The van der Waals surface area contributed by atoms with Gasteiger partial charge in [0.25, 0.3) is 9.05 Å². The lowest BCUT2D eigenvalue weighted by Crippen LogP contribution is -2.24. The van der Waals surface area contributed by atoms with Crippen LogP contribution in [0, 0.1) is 6.92 Å². The second-order valence-electron chi connectivity index (χ2n) is 5.15. The highest BCUT2D eigenvalue weighted by Gasteiger charge is 2.38. The van der Waals surface area contributed by atoms with Crippen LogP contribution in [0.3, 0.4) is 0 Å². The SMILES string of the molecule is Cc1nnc(N(C)c2cc(S(=O)(=O)Cl)cc(C(F)(F)F)c2N(C)C=O)s1. The van der Waals surface area contributed by atoms with E-state index in [1.54, 1.807) is 6.92 Å². The molecule has 0 saturated carbocycles. The van der Waals surface area contributed by atoms with Crippen LogP contribution in [0.1, 0.15) is 10.6 Å². The van der Waals surface area contributed by atoms with Gasteiger partial charge in [-0.1, -0.05) is 11.3 Å². The highest BCUT2D eigenvalue weighted by atomic mass is 35.7. The molecule has 0 spiro atoms. The quantitative estimate of drug-likeness (QED) is 0.537. The zero-order valence-electron chi connectivity index (χ0n) is 13.6. The normalized spacial score (nSPS) is 12.1. The molecule has 1 aromatic carbocycles. The smallest absolute Gasteiger partial charge is 0.317 e. The topological polar surface area (TPSA) is 83.5 Å². The van der Waals surface area contributed by atoms with Gasteiger partial charge in [-0.15, -0.1) is 10.2 Å². The molecule has 0 aliphatic heterocycles. The minimum absolute atomic E-state index is 0.183. The maximum Gasteiger partial charge on any atom is 0.418 e. The molecular formula is C13H12ClF3N4O3S2. The lowest BCUT2D eigenvalue weighted by atomic mass is 10.1. The molecule has 0 radical (unpaired) electrons. The van der Waals surface area contributed by atoms with Gasteiger partial charge >= 0.3 is 6.18 Å². The first-order chi connectivity index (χ1) is 11.9. The lowest BCUT2D eigenvalue weighted by Gasteiger charge is -2.26. The number of nitrogens with zero attached hydrogens (tertiary/aromatic N) is 4. The number of benzene rings is 1. The first-order valence-corrected chi connectivity index (χ1v) is 9.90. The van der Waals surface area contributed by atoms with Crippen LogP contribution in [0.25, 0.3) is 0 Å². The summed E-state index contributed by atoms with van der Waals surface area (Å²) in [6, 6.07) is 1.34. The van der Waals surface area contributed by atoms with Crippen LogP contribution in [0.15, 0.2) is 17.0 Å². The van der Waals surface area contributed by atoms with E-state index in [2.05, 4.69) is 10.2 Å². The Kier molecular flexibility index (Phi) is 5.49. The molecule has 0 unspecified atom stereocenters. The van der Waals surface area contributed by atoms with E-state index in [1.165, 1.54) is 11.9 Å². The van der Waals surface area contributed by atoms with E-state index in [9.17, 15) is 26.4 Å². The number of aryl methyl sites for hydroxylation is 1. The van der Waals surface area contributed by atoms with E-state index in [0.717, 1.165) is 24.5 Å². The Morgan fingerprint density at radius 1 is 1.23 bits per heavy atom. The Labute approximate surface area is 155 Å². The highest BCUT2D eigenvalue weighted by Crippen LogP contribution is 2.45. The van der Waals surface area contributed by atoms with Crippen LogP contribution in [0.5, 0.6) is 0 Å². The van der Waals surface area contributed by atoms with Gasteiger partial charge in [-0.05, 0) is 19.1 Å². The fourth-order valence-corrected chi connectivity index (χ4v) is 3.60. The Balaban J connectivity index is 2.88. The molecule has 2 aromatic rings. The van der Waals surface area contributed by atoms with Crippen molar-refractivity contribution in [1.29, 1.82) is 0 Å². The van der Waals surface area contributed by atoms with Gasteiger partial charge in [0.05, 0.1) is 21.8 Å². The number of carbonyl (C=O) groups excluding carboxylic acids is 1. The number of amides is 1. The van der Waals surface area contributed by atoms with Crippen LogP contribution in [0.2, 0.25) is 0 Å². The van der Waals surface area contributed by atoms with E-state index >= 15 is 0 Å². The third-order valence-electron chi connectivity index (χ3n) is 3.32. The van der Waals surface area contributed by atoms with Crippen molar-refractivity contribution in [3.63, 3.8) is 0 Å². The predicted molar refractivity (Wildman–Crippen MR) is 91.7 cm³/mol. The first-order valence-electron chi connectivity index (χ1n) is 6.78. The van der Waals surface area contributed by atoms with Crippen LogP contribution < -0.4 is 9.80 Å². The molecule has 0 N–H and O–H groups in total. The number of alkyl halides is 3. The second kappa shape index (κ2) is 7.00. The first kappa shape index (κ1) is 20.4. The van der Waals surface area contributed by atoms with Crippen molar-refractivity contribution >= 4 is 54.0 Å². The van der Waals surface area contributed by atoms with E-state index in [0.29, 0.717) is 16.0 Å². The summed E-state index contributed by atoms with van der Waals surface area (Å²) >= 11 is 1.08. The summed E-state index contributed by atoms with van der Waals surface area (Å²) in [4.78, 5) is 12.3. The minimum atomic E-state index is -4.93. The number of aromatic nitrogens is 2. The van der Waals surface area contributed by atoms with Gasteiger partial charge in [0.1, 0.15) is 5.01 Å². The Hall–Kier alpha value is -1.92. The van der Waals surface area contributed by atoms with Gasteiger partial charge in [-0.2, -0.15) is 13.2 Å². The summed E-state index contributed by atoms with van der Waals surface area (Å²) < 4.78 is 63.9. The maximum absolute atomic E-state index is 13.5. The highest BCUT2D eigenvalue weighted by molar-refractivity contribution is 8.13. The van der Waals surface area contributed by atoms with Gasteiger partial charge in [0.2, 0.25) is 11.5 Å². The predicted octanol–water partition coefficient (Wildman–Crippen LogP) is 3.15. The molecule has 2 rings (SSSR count). The van der Waals surface area contributed by atoms with Crippen LogP contribution in [0.4, 0.5) is 29.7 Å². The van der Waals surface area contributed by atoms with E-state index in [4.69, 9.17) is 10.7 Å². The number of rotatable bonds is 5. The molecular weight excluding hydrogens is 417 g/mol. The summed E-state index contributed by atoms with van der Waals surface area (Å²) in [5, 5.41) is 8.36. The molecule has 13 heteroatoms. The van der Waals surface area contributed by atoms with Gasteiger partial charge in [0.15, 0.2) is 0 Å². The molecule has 26 heavy (non-hydrogen) atoms. The fraction of sp³-hybridized carbons (Fsp3) is 0.308. The van der Waals surface area contributed by atoms with Gasteiger partial charge < -0.3 is 9.80 Å². The molecule has 0 bridgehead atoms. The number of halogens is 4. The van der Waals surface area contributed by atoms with E-state index in [1.807, 2.05) is 0 Å². The van der Waals surface area contributed by atoms with Crippen LogP contribution >= 0.6 is 22.0 Å². The summed E-state index contributed by atoms with van der Waals surface area (Å²) in [7, 11) is 3.29. The molecule has 1 aromatic heterocycles. The zero-order valence-corrected chi connectivity index (χ0v) is 16.0. The van der Waals surface area contributed by atoms with E-state index < -0.39 is 31.4 Å². The molecule has 7 nitrogen and oxygen atoms in total. The summed E-state index contributed by atoms with van der Waals surface area (Å²) in [6.07, 6.45) is -4.75. The third kappa shape index (κ3) is 4.07. The molecule has 0 aliphatic rings. The lowest BCUT2D eigenvalue weighted by molar-refractivity contribution is -0.137. The molecule has 0 aliphatic carbocycles. The average molecular weight is 429 g/mol. The fourth-order valence-electron chi connectivity index (χ4n) is 2.15. The van der Waals surface area contributed by atoms with Gasteiger partial charge in [-0.25, -0.2) is 8.42 Å². The number of anilines is 3. The van der Waals surface area contributed by atoms with Crippen molar-refractivity contribution in [2.45, 2.75) is 18.0 Å². The van der Waals surface area contributed by atoms with Crippen molar-refractivity contribution in [2.75, 3.05) is 23.9 Å². The molecule has 1 heterocycles. The molecule has 0 atom stereocenters. The monoisotopic (exact) mass is 428 g/mol. The van der Waals surface area contributed by atoms with Crippen molar-refractivity contribution in [3.8, 4) is 0 Å². The van der Waals surface area contributed by atoms with Gasteiger partial charge in [0, 0.05) is 24.8 Å². The molecule has 142 valence electrons. The van der Waals surface area contributed by atoms with Crippen LogP contribution in [-0.2, 0) is 20.0 Å². The third-order valence-corrected chi connectivity index (χ3v) is 5.57. The Morgan fingerprint density at radius 2 is 1.85 bits per heavy atom. The summed E-state index contributed by atoms with van der Waals surface area (Å²) in [5.74, 6) is 0. The van der Waals surface area contributed by atoms with Crippen molar-refractivity contribution in [1.82, 2.24) is 10.2 Å². The van der Waals surface area contributed by atoms with E-state index in [-0.39, 0.29) is 17.2 Å². The second-order valence-corrected chi connectivity index (χ2v) is 8.88. The Morgan fingerprint density at radius 3 is 2.27 bits per heavy atom. The van der Waals surface area contributed by atoms with Crippen molar-refractivity contribution in [3.05, 3.63) is 22.7 Å². The number of hydrogen-bond acceptors (Lipinski definition) is 7. The standard InChI is InChI=1S/C13H12ClF3N4O3S2/c1-7-18-19-12(25-7)21(3)10-5-8(26(14,23)24)4-9(13(15,16)17)11(10)20(2)6-22/h4-6H,1-3H3. The summed E-state index contributed by atoms with van der Waals surface area (Å²) in [6.45, 7) is 1.65. The van der Waals surface area contributed by atoms with Gasteiger partial charge in [-0.3, -0.25) is 4.79 Å². The average Bonchev–Trinajstić information content (AvgIpc) is 2.96.